The summed E-state index contributed by atoms with van der Waals surface area (Å²) in [5.41, 5.74) is 1.89. The van der Waals surface area contributed by atoms with Gasteiger partial charge in [0.1, 0.15) is 18.0 Å². The number of aliphatic hydroxyl groups excluding tert-OH is 1. The maximum Gasteiger partial charge on any atom is 0.182 e. The summed E-state index contributed by atoms with van der Waals surface area (Å²) >= 11 is 0. The maximum atomic E-state index is 9.15. The first-order valence-corrected chi connectivity index (χ1v) is 5.35. The highest BCUT2D eigenvalue weighted by Crippen LogP contribution is 2.24. The van der Waals surface area contributed by atoms with Crippen LogP contribution in [0.15, 0.2) is 18.2 Å². The first kappa shape index (κ1) is 11.5. The molecule has 6 nitrogen and oxygen atoms in total. The smallest absolute Gasteiger partial charge is 0.182 e. The van der Waals surface area contributed by atoms with Crippen molar-refractivity contribution in [3.8, 4) is 11.4 Å². The number of methoxy groups -OCH3 is 1. The number of hydrogen-bond acceptors (Lipinski definition) is 5. The van der Waals surface area contributed by atoms with Gasteiger partial charge in [0.15, 0.2) is 5.82 Å². The zero-order valence-electron chi connectivity index (χ0n) is 9.79. The van der Waals surface area contributed by atoms with Gasteiger partial charge in [-0.2, -0.15) is 4.68 Å². The van der Waals surface area contributed by atoms with Crippen LogP contribution >= 0.6 is 0 Å². The molecule has 90 valence electrons. The van der Waals surface area contributed by atoms with Crippen molar-refractivity contribution < 1.29 is 9.84 Å². The normalized spacial score (nSPS) is 10.5. The van der Waals surface area contributed by atoms with E-state index in [0.717, 1.165) is 17.7 Å². The lowest BCUT2D eigenvalue weighted by molar-refractivity contribution is 0.267. The highest BCUT2D eigenvalue weighted by atomic mass is 16.5. The van der Waals surface area contributed by atoms with E-state index in [1.54, 1.807) is 7.11 Å². The third-order valence-corrected chi connectivity index (χ3v) is 2.56. The molecule has 0 aliphatic carbocycles. The molecule has 0 saturated carbocycles. The van der Waals surface area contributed by atoms with E-state index in [9.17, 15) is 0 Å². The fourth-order valence-corrected chi connectivity index (χ4v) is 1.61. The molecule has 1 heterocycles. The molecule has 0 radical (unpaired) electrons. The molecule has 6 heteroatoms. The molecular weight excluding hydrogens is 220 g/mol. The molecule has 0 amide bonds. The second-order valence-corrected chi connectivity index (χ2v) is 3.52. The van der Waals surface area contributed by atoms with E-state index in [0.29, 0.717) is 11.6 Å². The van der Waals surface area contributed by atoms with Gasteiger partial charge in [-0.3, -0.25) is 0 Å². The molecule has 2 rings (SSSR count). The molecule has 0 aliphatic heterocycles. The lowest BCUT2D eigenvalue weighted by atomic mass is 10.1. The Hall–Kier alpha value is -1.95. The van der Waals surface area contributed by atoms with E-state index in [1.807, 2.05) is 18.2 Å². The Morgan fingerprint density at radius 1 is 1.41 bits per heavy atom. The van der Waals surface area contributed by atoms with Crippen LogP contribution in [0.2, 0.25) is 0 Å². The molecule has 1 aromatic carbocycles. The highest BCUT2D eigenvalue weighted by Gasteiger charge is 2.12. The summed E-state index contributed by atoms with van der Waals surface area (Å²) in [4.78, 5) is 0. The van der Waals surface area contributed by atoms with Crippen LogP contribution in [-0.4, -0.2) is 32.4 Å². The van der Waals surface area contributed by atoms with Gasteiger partial charge in [0.05, 0.1) is 7.11 Å². The lowest BCUT2D eigenvalue weighted by Crippen LogP contribution is -2.05. The minimum Gasteiger partial charge on any atom is -0.494 e. The molecule has 0 fully saturated rings. The second kappa shape index (κ2) is 4.92. The number of benzene rings is 1. The minimum atomic E-state index is -0.216. The van der Waals surface area contributed by atoms with Gasteiger partial charge in [0, 0.05) is 0 Å². The molecule has 17 heavy (non-hydrogen) atoms. The molecule has 2 aromatic rings. The SMILES string of the molecule is CCc1ccc(OC)c(-n2nnnc2CO)c1. The molecule has 1 N–H and O–H groups in total. The number of aliphatic hydroxyl groups is 1. The quantitative estimate of drug-likeness (QED) is 0.844. The number of tetrazole rings is 1. The molecule has 0 atom stereocenters. The van der Waals surface area contributed by atoms with Crippen LogP contribution in [0.1, 0.15) is 18.3 Å². The van der Waals surface area contributed by atoms with Crippen molar-refractivity contribution in [3.63, 3.8) is 0 Å². The Balaban J connectivity index is 2.56. The van der Waals surface area contributed by atoms with Gasteiger partial charge in [-0.1, -0.05) is 13.0 Å². The monoisotopic (exact) mass is 234 g/mol. The maximum absolute atomic E-state index is 9.15. The number of aryl methyl sites for hydroxylation is 1. The number of aromatic nitrogens is 4. The van der Waals surface area contributed by atoms with Gasteiger partial charge in [-0.25, -0.2) is 0 Å². The number of nitrogens with zero attached hydrogens (tertiary/aromatic N) is 4. The predicted molar refractivity (Wildman–Crippen MR) is 61.0 cm³/mol. The van der Waals surface area contributed by atoms with Gasteiger partial charge in [-0.15, -0.1) is 5.10 Å². The van der Waals surface area contributed by atoms with E-state index < -0.39 is 0 Å². The zero-order chi connectivity index (χ0) is 12.3. The van der Waals surface area contributed by atoms with Gasteiger partial charge >= 0.3 is 0 Å². The summed E-state index contributed by atoms with van der Waals surface area (Å²) in [5, 5.41) is 20.3. The van der Waals surface area contributed by atoms with Crippen molar-refractivity contribution in [2.75, 3.05) is 7.11 Å². The van der Waals surface area contributed by atoms with Crippen molar-refractivity contribution in [2.45, 2.75) is 20.0 Å². The van der Waals surface area contributed by atoms with Gasteiger partial charge in [0.2, 0.25) is 0 Å². The first-order chi connectivity index (χ1) is 8.30. The molecule has 1 aromatic heterocycles. The van der Waals surface area contributed by atoms with E-state index >= 15 is 0 Å². The standard InChI is InChI=1S/C11H14N4O2/c1-3-8-4-5-10(17-2)9(6-8)15-11(7-16)12-13-14-15/h4-6,16H,3,7H2,1-2H3. The van der Waals surface area contributed by atoms with Crippen LogP contribution in [0.25, 0.3) is 5.69 Å². The molecule has 0 unspecified atom stereocenters. The van der Waals surface area contributed by atoms with Gasteiger partial charge < -0.3 is 9.84 Å². The van der Waals surface area contributed by atoms with Crippen molar-refractivity contribution in [3.05, 3.63) is 29.6 Å². The van der Waals surface area contributed by atoms with Crippen molar-refractivity contribution >= 4 is 0 Å². The third-order valence-electron chi connectivity index (χ3n) is 2.56. The number of ether oxygens (including phenoxy) is 1. The van der Waals surface area contributed by atoms with Gasteiger partial charge in [-0.05, 0) is 34.5 Å². The number of rotatable bonds is 4. The molecular formula is C11H14N4O2. The van der Waals surface area contributed by atoms with Crippen LogP contribution in [-0.2, 0) is 13.0 Å². The Morgan fingerprint density at radius 3 is 2.88 bits per heavy atom. The van der Waals surface area contributed by atoms with Crippen molar-refractivity contribution in [1.82, 2.24) is 20.2 Å². The zero-order valence-corrected chi connectivity index (χ0v) is 9.79. The average Bonchev–Trinajstić information content (AvgIpc) is 2.86. The highest BCUT2D eigenvalue weighted by molar-refractivity contribution is 5.48. The minimum absolute atomic E-state index is 0.216. The van der Waals surface area contributed by atoms with Crippen LogP contribution in [0.4, 0.5) is 0 Å². The van der Waals surface area contributed by atoms with Crippen molar-refractivity contribution in [2.24, 2.45) is 0 Å². The van der Waals surface area contributed by atoms with E-state index in [4.69, 9.17) is 9.84 Å². The molecule has 0 spiro atoms. The molecule has 0 bridgehead atoms. The second-order valence-electron chi connectivity index (χ2n) is 3.52. The van der Waals surface area contributed by atoms with E-state index in [2.05, 4.69) is 22.4 Å². The van der Waals surface area contributed by atoms with Crippen molar-refractivity contribution in [1.29, 1.82) is 0 Å². The Kier molecular flexibility index (Phi) is 3.34. The predicted octanol–water partition coefficient (Wildman–Crippen LogP) is 0.726. The van der Waals surface area contributed by atoms with Crippen LogP contribution in [0, 0.1) is 0 Å². The van der Waals surface area contributed by atoms with Crippen LogP contribution in [0.5, 0.6) is 5.75 Å². The Bertz CT molecular complexity index is 510. The number of hydrogen-bond donors (Lipinski definition) is 1. The largest absolute Gasteiger partial charge is 0.494 e. The molecule has 0 aliphatic rings. The fourth-order valence-electron chi connectivity index (χ4n) is 1.61. The first-order valence-electron chi connectivity index (χ1n) is 5.35. The fraction of sp³-hybridized carbons (Fsp3) is 0.364. The van der Waals surface area contributed by atoms with E-state index in [-0.39, 0.29) is 6.61 Å². The Labute approximate surface area is 98.8 Å². The summed E-state index contributed by atoms with van der Waals surface area (Å²) in [6, 6.07) is 5.82. The summed E-state index contributed by atoms with van der Waals surface area (Å²) in [6.07, 6.45) is 0.910. The van der Waals surface area contributed by atoms with E-state index in [1.165, 1.54) is 4.68 Å². The average molecular weight is 234 g/mol. The lowest BCUT2D eigenvalue weighted by Gasteiger charge is -2.10. The topological polar surface area (TPSA) is 73.1 Å². The third kappa shape index (κ3) is 2.12. The summed E-state index contributed by atoms with van der Waals surface area (Å²) < 4.78 is 6.75. The van der Waals surface area contributed by atoms with Crippen LogP contribution in [0.3, 0.4) is 0 Å². The molecule has 0 saturated heterocycles. The summed E-state index contributed by atoms with van der Waals surface area (Å²) in [5.74, 6) is 1.06. The summed E-state index contributed by atoms with van der Waals surface area (Å²) in [6.45, 7) is 1.85. The summed E-state index contributed by atoms with van der Waals surface area (Å²) in [7, 11) is 1.59. The van der Waals surface area contributed by atoms with Crippen LogP contribution < -0.4 is 4.74 Å². The Morgan fingerprint density at radius 2 is 2.24 bits per heavy atom. The van der Waals surface area contributed by atoms with Gasteiger partial charge in [0.25, 0.3) is 0 Å².